The Bertz CT molecular complexity index is 623. The van der Waals surface area contributed by atoms with Crippen LogP contribution in [0, 0.1) is 0 Å². The molecule has 1 amide bonds. The van der Waals surface area contributed by atoms with Crippen LogP contribution in [0.3, 0.4) is 0 Å². The molecule has 0 heterocycles. The third-order valence-electron chi connectivity index (χ3n) is 3.54. The van der Waals surface area contributed by atoms with Crippen molar-refractivity contribution in [2.45, 2.75) is 13.0 Å². The van der Waals surface area contributed by atoms with E-state index in [1.165, 1.54) is 0 Å². The molecular weight excluding hydrogens is 276 g/mol. The number of hydrogen-bond donors (Lipinski definition) is 2. The van der Waals surface area contributed by atoms with Gasteiger partial charge >= 0.3 is 0 Å². The van der Waals surface area contributed by atoms with Gasteiger partial charge in [-0.25, -0.2) is 0 Å². The Kier molecular flexibility index (Phi) is 5.55. The average molecular weight is 298 g/mol. The lowest BCUT2D eigenvalue weighted by atomic mass is 10.0. The molecule has 0 fully saturated rings. The molecule has 2 N–H and O–H groups in total. The number of likely N-dealkylation sites (N-methyl/N-ethyl adjacent to an activating group) is 1. The highest BCUT2D eigenvalue weighted by Gasteiger charge is 2.10. The summed E-state index contributed by atoms with van der Waals surface area (Å²) in [5.74, 6) is 0.842. The van der Waals surface area contributed by atoms with Crippen LogP contribution >= 0.6 is 0 Å². The number of nitrogens with one attached hydrogen (secondary N) is 2. The topological polar surface area (TPSA) is 50.4 Å². The molecule has 2 aromatic carbocycles. The molecular formula is C18H22N2O2. The van der Waals surface area contributed by atoms with Crippen molar-refractivity contribution in [2.75, 3.05) is 20.7 Å². The number of para-hydroxylation sites is 1. The molecule has 1 unspecified atom stereocenters. The Morgan fingerprint density at radius 3 is 2.45 bits per heavy atom. The zero-order valence-electron chi connectivity index (χ0n) is 13.2. The van der Waals surface area contributed by atoms with E-state index in [9.17, 15) is 4.79 Å². The minimum absolute atomic E-state index is 0.0104. The predicted molar refractivity (Wildman–Crippen MR) is 88.9 cm³/mol. The first-order chi connectivity index (χ1) is 10.7. The zero-order valence-corrected chi connectivity index (χ0v) is 13.2. The van der Waals surface area contributed by atoms with Gasteiger partial charge in [0.05, 0.1) is 19.7 Å². The summed E-state index contributed by atoms with van der Waals surface area (Å²) in [6, 6.07) is 16.1. The number of amides is 1. The second-order valence-corrected chi connectivity index (χ2v) is 5.14. The largest absolute Gasteiger partial charge is 0.496 e. The van der Waals surface area contributed by atoms with Gasteiger partial charge < -0.3 is 15.4 Å². The van der Waals surface area contributed by atoms with E-state index in [0.717, 1.165) is 22.4 Å². The van der Waals surface area contributed by atoms with Crippen LogP contribution in [0.2, 0.25) is 0 Å². The summed E-state index contributed by atoms with van der Waals surface area (Å²) >= 11 is 0. The van der Waals surface area contributed by atoms with E-state index in [4.69, 9.17) is 4.74 Å². The van der Waals surface area contributed by atoms with Crippen LogP contribution in [-0.4, -0.2) is 26.6 Å². The van der Waals surface area contributed by atoms with E-state index in [1.807, 2.05) is 55.5 Å². The zero-order chi connectivity index (χ0) is 15.9. The van der Waals surface area contributed by atoms with E-state index < -0.39 is 0 Å². The fraction of sp³-hybridized carbons (Fsp3) is 0.278. The van der Waals surface area contributed by atoms with E-state index in [2.05, 4.69) is 10.6 Å². The first-order valence-electron chi connectivity index (χ1n) is 7.33. The third kappa shape index (κ3) is 3.86. The van der Waals surface area contributed by atoms with Gasteiger partial charge in [-0.05, 0) is 31.2 Å². The van der Waals surface area contributed by atoms with Crippen LogP contribution in [0.1, 0.15) is 18.5 Å². The summed E-state index contributed by atoms with van der Waals surface area (Å²) in [4.78, 5) is 11.6. The molecule has 0 bridgehead atoms. The Balaban J connectivity index is 2.15. The highest BCUT2D eigenvalue weighted by atomic mass is 16.5. The summed E-state index contributed by atoms with van der Waals surface area (Å²) in [6.45, 7) is 2.30. The van der Waals surface area contributed by atoms with Gasteiger partial charge in [0.15, 0.2) is 0 Å². The lowest BCUT2D eigenvalue weighted by molar-refractivity contribution is -0.120. The molecule has 22 heavy (non-hydrogen) atoms. The molecule has 0 spiro atoms. The van der Waals surface area contributed by atoms with Crippen molar-refractivity contribution in [1.29, 1.82) is 0 Å². The molecule has 0 saturated carbocycles. The molecule has 1 atom stereocenters. The van der Waals surface area contributed by atoms with Crippen molar-refractivity contribution in [2.24, 2.45) is 0 Å². The molecule has 4 nitrogen and oxygen atoms in total. The van der Waals surface area contributed by atoms with E-state index in [0.29, 0.717) is 6.54 Å². The molecule has 2 aromatic rings. The monoisotopic (exact) mass is 298 g/mol. The fourth-order valence-electron chi connectivity index (χ4n) is 2.37. The highest BCUT2D eigenvalue weighted by molar-refractivity contribution is 5.78. The number of carbonyl (C=O) groups is 1. The first kappa shape index (κ1) is 16.0. The van der Waals surface area contributed by atoms with Crippen molar-refractivity contribution < 1.29 is 9.53 Å². The number of rotatable bonds is 6. The van der Waals surface area contributed by atoms with Gasteiger partial charge in [-0.2, -0.15) is 0 Å². The third-order valence-corrected chi connectivity index (χ3v) is 3.54. The number of methoxy groups -OCH3 is 1. The Hall–Kier alpha value is -2.33. The van der Waals surface area contributed by atoms with Gasteiger partial charge in [0.25, 0.3) is 0 Å². The summed E-state index contributed by atoms with van der Waals surface area (Å²) in [5, 5.41) is 5.79. The summed E-state index contributed by atoms with van der Waals surface area (Å²) in [5.41, 5.74) is 3.22. The van der Waals surface area contributed by atoms with Crippen molar-refractivity contribution in [3.8, 4) is 16.9 Å². The van der Waals surface area contributed by atoms with Crippen LogP contribution in [0.4, 0.5) is 0 Å². The molecule has 4 heteroatoms. The Morgan fingerprint density at radius 1 is 1.14 bits per heavy atom. The minimum atomic E-state index is -0.0208. The maximum atomic E-state index is 11.6. The minimum Gasteiger partial charge on any atom is -0.496 e. The Morgan fingerprint density at radius 2 is 1.82 bits per heavy atom. The predicted octanol–water partition coefficient (Wildman–Crippen LogP) is 2.76. The van der Waals surface area contributed by atoms with E-state index >= 15 is 0 Å². The number of hydrogen-bond acceptors (Lipinski definition) is 3. The van der Waals surface area contributed by atoms with Gasteiger partial charge in [0.1, 0.15) is 5.75 Å². The van der Waals surface area contributed by atoms with Crippen LogP contribution in [0.5, 0.6) is 5.75 Å². The molecule has 0 saturated heterocycles. The number of benzene rings is 2. The molecule has 0 aliphatic carbocycles. The second-order valence-electron chi connectivity index (χ2n) is 5.14. The number of ether oxygens (including phenoxy) is 1. The fourth-order valence-corrected chi connectivity index (χ4v) is 2.37. The van der Waals surface area contributed by atoms with Gasteiger partial charge in [-0.15, -0.1) is 0 Å². The second kappa shape index (κ2) is 7.61. The normalized spacial score (nSPS) is 11.8. The average Bonchev–Trinajstić information content (AvgIpc) is 2.55. The number of carbonyl (C=O) groups excluding carboxylic acids is 1. The van der Waals surface area contributed by atoms with Crippen LogP contribution in [0.25, 0.3) is 11.1 Å². The van der Waals surface area contributed by atoms with Crippen LogP contribution in [-0.2, 0) is 4.79 Å². The highest BCUT2D eigenvalue weighted by Crippen LogP contribution is 2.30. The van der Waals surface area contributed by atoms with Crippen molar-refractivity contribution >= 4 is 5.91 Å². The molecule has 116 valence electrons. The molecule has 0 aliphatic rings. The van der Waals surface area contributed by atoms with Gasteiger partial charge in [0, 0.05) is 5.56 Å². The molecule has 2 rings (SSSR count). The van der Waals surface area contributed by atoms with E-state index in [-0.39, 0.29) is 11.9 Å². The van der Waals surface area contributed by atoms with Crippen molar-refractivity contribution in [3.63, 3.8) is 0 Å². The Labute approximate surface area is 131 Å². The first-order valence-corrected chi connectivity index (χ1v) is 7.33. The quantitative estimate of drug-likeness (QED) is 0.862. The maximum absolute atomic E-state index is 11.6. The lowest BCUT2D eigenvalue weighted by Crippen LogP contribution is -2.33. The standard InChI is InChI=1S/C18H22N2O2/c1-13(20-18(21)12-19-2)14-8-10-15(11-9-14)16-6-4-5-7-17(16)22-3/h4-11,13,19H,12H2,1-3H3,(H,20,21). The van der Waals surface area contributed by atoms with Gasteiger partial charge in [0.2, 0.25) is 5.91 Å². The van der Waals surface area contributed by atoms with Gasteiger partial charge in [-0.1, -0.05) is 42.5 Å². The molecule has 0 aliphatic heterocycles. The molecule has 0 radical (unpaired) electrons. The van der Waals surface area contributed by atoms with E-state index in [1.54, 1.807) is 14.2 Å². The van der Waals surface area contributed by atoms with Crippen LogP contribution < -0.4 is 15.4 Å². The summed E-state index contributed by atoms with van der Waals surface area (Å²) < 4.78 is 5.39. The van der Waals surface area contributed by atoms with Gasteiger partial charge in [-0.3, -0.25) is 4.79 Å². The smallest absolute Gasteiger partial charge is 0.234 e. The van der Waals surface area contributed by atoms with Crippen molar-refractivity contribution in [3.05, 3.63) is 54.1 Å². The molecule has 0 aromatic heterocycles. The van der Waals surface area contributed by atoms with Crippen molar-refractivity contribution in [1.82, 2.24) is 10.6 Å². The summed E-state index contributed by atoms with van der Waals surface area (Å²) in [7, 11) is 3.43. The maximum Gasteiger partial charge on any atom is 0.234 e. The summed E-state index contributed by atoms with van der Waals surface area (Å²) in [6.07, 6.45) is 0. The van der Waals surface area contributed by atoms with Crippen LogP contribution in [0.15, 0.2) is 48.5 Å². The lowest BCUT2D eigenvalue weighted by Gasteiger charge is -2.15. The SMILES string of the molecule is CNCC(=O)NC(C)c1ccc(-c2ccccc2OC)cc1.